The van der Waals surface area contributed by atoms with Gasteiger partial charge in [0.1, 0.15) is 18.4 Å². The molecule has 0 radical (unpaired) electrons. The summed E-state index contributed by atoms with van der Waals surface area (Å²) >= 11 is 0. The molecule has 0 N–H and O–H groups in total. The van der Waals surface area contributed by atoms with Gasteiger partial charge < -0.3 is 9.30 Å². The van der Waals surface area contributed by atoms with Crippen molar-refractivity contribution in [2.45, 2.75) is 33.2 Å². The van der Waals surface area contributed by atoms with Crippen LogP contribution < -0.4 is 4.74 Å². The van der Waals surface area contributed by atoms with Crippen molar-refractivity contribution in [3.8, 4) is 11.8 Å². The fraction of sp³-hybridized carbons (Fsp3) is 0.286. The molecule has 2 aromatic carbocycles. The van der Waals surface area contributed by atoms with Gasteiger partial charge in [0.2, 0.25) is 0 Å². The van der Waals surface area contributed by atoms with E-state index in [4.69, 9.17) is 4.74 Å². The highest BCUT2D eigenvalue weighted by Gasteiger charge is 2.10. The van der Waals surface area contributed by atoms with E-state index in [2.05, 4.69) is 49.6 Å². The molecule has 3 nitrogen and oxygen atoms in total. The first-order chi connectivity index (χ1) is 11.6. The zero-order valence-electron chi connectivity index (χ0n) is 14.4. The van der Waals surface area contributed by atoms with Gasteiger partial charge in [0.25, 0.3) is 0 Å². The zero-order valence-corrected chi connectivity index (χ0v) is 14.4. The predicted octanol–water partition coefficient (Wildman–Crippen LogP) is 5.02. The second-order valence-electron chi connectivity index (χ2n) is 6.41. The van der Waals surface area contributed by atoms with Gasteiger partial charge in [-0.1, -0.05) is 44.2 Å². The van der Waals surface area contributed by atoms with Crippen molar-refractivity contribution >= 4 is 10.9 Å². The topological polar surface area (TPSA) is 38.0 Å². The maximum Gasteiger partial charge on any atom is 0.123 e. The summed E-state index contributed by atoms with van der Waals surface area (Å²) in [4.78, 5) is 0. The number of para-hydroxylation sites is 1. The number of rotatable bonds is 5. The summed E-state index contributed by atoms with van der Waals surface area (Å²) in [5.74, 6) is 1.39. The fourth-order valence-electron chi connectivity index (χ4n) is 3.02. The van der Waals surface area contributed by atoms with Crippen LogP contribution in [0, 0.1) is 18.3 Å². The lowest BCUT2D eigenvalue weighted by Gasteiger charge is -2.15. The van der Waals surface area contributed by atoms with Crippen LogP contribution in [0.3, 0.4) is 0 Å². The Morgan fingerprint density at radius 3 is 2.71 bits per heavy atom. The van der Waals surface area contributed by atoms with E-state index in [0.717, 1.165) is 16.7 Å². The molecule has 0 aliphatic carbocycles. The zero-order chi connectivity index (χ0) is 17.1. The van der Waals surface area contributed by atoms with E-state index in [1.54, 1.807) is 0 Å². The summed E-state index contributed by atoms with van der Waals surface area (Å²) in [5, 5.41) is 10.3. The number of hydrogen-bond donors (Lipinski definition) is 0. The molecule has 0 atom stereocenters. The molecule has 0 amide bonds. The van der Waals surface area contributed by atoms with E-state index in [9.17, 15) is 5.26 Å². The molecule has 3 aromatic rings. The lowest BCUT2D eigenvalue weighted by Crippen LogP contribution is -2.09. The average molecular weight is 318 g/mol. The third-order valence-electron chi connectivity index (χ3n) is 4.29. The van der Waals surface area contributed by atoms with Crippen molar-refractivity contribution in [1.82, 2.24) is 4.57 Å². The first kappa shape index (κ1) is 16.1. The normalized spacial score (nSPS) is 11.0. The van der Waals surface area contributed by atoms with E-state index >= 15 is 0 Å². The molecule has 24 heavy (non-hydrogen) atoms. The number of benzene rings is 2. The highest BCUT2D eigenvalue weighted by molar-refractivity contribution is 5.86. The lowest BCUT2D eigenvalue weighted by atomic mass is 10.0. The van der Waals surface area contributed by atoms with E-state index in [1.165, 1.54) is 11.1 Å². The molecule has 0 fully saturated rings. The van der Waals surface area contributed by atoms with Gasteiger partial charge in [-0.05, 0) is 36.1 Å². The molecule has 0 saturated carbocycles. The van der Waals surface area contributed by atoms with Gasteiger partial charge in [0, 0.05) is 17.1 Å². The maximum atomic E-state index is 9.29. The third kappa shape index (κ3) is 3.14. The van der Waals surface area contributed by atoms with Crippen molar-refractivity contribution in [1.29, 1.82) is 5.26 Å². The largest absolute Gasteiger partial charge is 0.491 e. The SMILES string of the molecule is Cc1ccc(C(C)C)c(OCCn2cc(C#N)c3ccccc32)c1. The number of ether oxygens (including phenoxy) is 1. The number of fused-ring (bicyclic) bond motifs is 1. The minimum Gasteiger partial charge on any atom is -0.491 e. The van der Waals surface area contributed by atoms with Gasteiger partial charge in [0.05, 0.1) is 12.1 Å². The van der Waals surface area contributed by atoms with E-state index in [-0.39, 0.29) is 0 Å². The van der Waals surface area contributed by atoms with Crippen LogP contribution in [0.1, 0.15) is 36.5 Å². The van der Waals surface area contributed by atoms with Crippen LogP contribution in [-0.4, -0.2) is 11.2 Å². The second-order valence-corrected chi connectivity index (χ2v) is 6.41. The number of nitrogens with zero attached hydrogens (tertiary/aromatic N) is 2. The summed E-state index contributed by atoms with van der Waals surface area (Å²) in [7, 11) is 0. The lowest BCUT2D eigenvalue weighted by molar-refractivity contribution is 0.296. The van der Waals surface area contributed by atoms with Crippen LogP contribution >= 0.6 is 0 Å². The van der Waals surface area contributed by atoms with Gasteiger partial charge in [-0.25, -0.2) is 0 Å². The van der Waals surface area contributed by atoms with Crippen molar-refractivity contribution < 1.29 is 4.74 Å². The van der Waals surface area contributed by atoms with Crippen LogP contribution in [0.2, 0.25) is 0 Å². The van der Waals surface area contributed by atoms with Gasteiger partial charge in [-0.3, -0.25) is 0 Å². The quantitative estimate of drug-likeness (QED) is 0.662. The van der Waals surface area contributed by atoms with Crippen LogP contribution in [0.15, 0.2) is 48.7 Å². The van der Waals surface area contributed by atoms with Crippen molar-refractivity contribution in [2.75, 3.05) is 6.61 Å². The van der Waals surface area contributed by atoms with Crippen LogP contribution in [0.25, 0.3) is 10.9 Å². The van der Waals surface area contributed by atoms with Crippen molar-refractivity contribution in [2.24, 2.45) is 0 Å². The van der Waals surface area contributed by atoms with Crippen molar-refractivity contribution in [3.05, 3.63) is 65.4 Å². The van der Waals surface area contributed by atoms with Gasteiger partial charge in [0.15, 0.2) is 0 Å². The number of hydrogen-bond acceptors (Lipinski definition) is 2. The summed E-state index contributed by atoms with van der Waals surface area (Å²) in [6, 6.07) is 16.6. The highest BCUT2D eigenvalue weighted by atomic mass is 16.5. The van der Waals surface area contributed by atoms with Gasteiger partial charge >= 0.3 is 0 Å². The van der Waals surface area contributed by atoms with Gasteiger partial charge in [-0.2, -0.15) is 5.26 Å². The number of nitriles is 1. The third-order valence-corrected chi connectivity index (χ3v) is 4.29. The fourth-order valence-corrected chi connectivity index (χ4v) is 3.02. The monoisotopic (exact) mass is 318 g/mol. The van der Waals surface area contributed by atoms with Crippen LogP contribution in [0.4, 0.5) is 0 Å². The summed E-state index contributed by atoms with van der Waals surface area (Å²) < 4.78 is 8.17. The molecule has 3 heteroatoms. The highest BCUT2D eigenvalue weighted by Crippen LogP contribution is 2.27. The van der Waals surface area contributed by atoms with E-state index < -0.39 is 0 Å². The standard InChI is InChI=1S/C21H22N2O/c1-15(2)18-9-8-16(3)12-21(18)24-11-10-23-14-17(13-22)19-6-4-5-7-20(19)23/h4-9,12,14-15H,10-11H2,1-3H3. The Morgan fingerprint density at radius 2 is 1.96 bits per heavy atom. The predicted molar refractivity (Wildman–Crippen MR) is 97.4 cm³/mol. The Hall–Kier alpha value is -2.73. The minimum absolute atomic E-state index is 0.429. The number of aromatic nitrogens is 1. The molecule has 122 valence electrons. The Morgan fingerprint density at radius 1 is 1.17 bits per heavy atom. The molecule has 0 spiro atoms. The molecular weight excluding hydrogens is 296 g/mol. The molecule has 0 unspecified atom stereocenters. The summed E-state index contributed by atoms with van der Waals surface area (Å²) in [6.45, 7) is 7.72. The molecule has 0 aliphatic heterocycles. The minimum atomic E-state index is 0.429. The Kier molecular flexibility index (Phi) is 4.57. The number of aryl methyl sites for hydroxylation is 1. The van der Waals surface area contributed by atoms with E-state index in [0.29, 0.717) is 24.6 Å². The van der Waals surface area contributed by atoms with Crippen LogP contribution in [0.5, 0.6) is 5.75 Å². The van der Waals surface area contributed by atoms with Gasteiger partial charge in [-0.15, -0.1) is 0 Å². The van der Waals surface area contributed by atoms with E-state index in [1.807, 2.05) is 30.5 Å². The first-order valence-corrected chi connectivity index (χ1v) is 8.31. The molecule has 1 aromatic heterocycles. The first-order valence-electron chi connectivity index (χ1n) is 8.31. The molecule has 0 aliphatic rings. The summed E-state index contributed by atoms with van der Waals surface area (Å²) in [5.41, 5.74) is 4.22. The van der Waals surface area contributed by atoms with Crippen LogP contribution in [-0.2, 0) is 6.54 Å². The second kappa shape index (κ2) is 6.80. The molecule has 3 rings (SSSR count). The maximum absolute atomic E-state index is 9.29. The van der Waals surface area contributed by atoms with Crippen molar-refractivity contribution in [3.63, 3.8) is 0 Å². The molecular formula is C21H22N2O. The smallest absolute Gasteiger partial charge is 0.123 e. The Balaban J connectivity index is 1.79. The molecule has 1 heterocycles. The Bertz CT molecular complexity index is 900. The molecule has 0 bridgehead atoms. The molecule has 0 saturated heterocycles. The average Bonchev–Trinajstić information content (AvgIpc) is 2.93. The summed E-state index contributed by atoms with van der Waals surface area (Å²) in [6.07, 6.45) is 1.91. The Labute approximate surface area is 143 Å².